The van der Waals surface area contributed by atoms with Gasteiger partial charge in [-0.1, -0.05) is 31.5 Å². The fourth-order valence-electron chi connectivity index (χ4n) is 3.57. The summed E-state index contributed by atoms with van der Waals surface area (Å²) < 4.78 is 5.99. The summed E-state index contributed by atoms with van der Waals surface area (Å²) in [6.45, 7) is 5.58. The first-order valence-corrected chi connectivity index (χ1v) is 10.8. The molecule has 31 heavy (non-hydrogen) atoms. The predicted octanol–water partition coefficient (Wildman–Crippen LogP) is 5.41. The third kappa shape index (κ3) is 4.29. The Morgan fingerprint density at radius 3 is 2.68 bits per heavy atom. The minimum atomic E-state index is -0.247. The van der Waals surface area contributed by atoms with Crippen LogP contribution in [0.2, 0.25) is 5.02 Å². The summed E-state index contributed by atoms with van der Waals surface area (Å²) in [6.07, 6.45) is 1.76. The molecule has 0 spiro atoms. The normalized spacial score (nSPS) is 18.4. The Hall–Kier alpha value is -2.90. The number of furan rings is 1. The molecule has 0 aliphatic carbocycles. The van der Waals surface area contributed by atoms with Crippen molar-refractivity contribution in [1.82, 2.24) is 10.3 Å². The topological polar surface area (TPSA) is 70.4 Å². The number of pyridine rings is 1. The molecule has 0 saturated carbocycles. The van der Waals surface area contributed by atoms with Crippen LogP contribution in [0.25, 0.3) is 0 Å². The number of carbonyl (C=O) groups is 1. The zero-order valence-corrected chi connectivity index (χ0v) is 19.0. The molecule has 3 heterocycles. The Bertz CT molecular complexity index is 1120. The number of rotatable bonds is 5. The zero-order valence-electron chi connectivity index (χ0n) is 17.4. The molecule has 160 valence electrons. The van der Waals surface area contributed by atoms with Crippen LogP contribution in [0, 0.1) is 12.8 Å². The maximum absolute atomic E-state index is 12.1. The van der Waals surface area contributed by atoms with E-state index in [0.29, 0.717) is 15.8 Å². The van der Waals surface area contributed by atoms with E-state index in [-0.39, 0.29) is 23.9 Å². The molecule has 0 bridgehead atoms. The molecule has 0 radical (unpaired) electrons. The highest BCUT2D eigenvalue weighted by Gasteiger charge is 2.42. The Labute approximate surface area is 191 Å². The van der Waals surface area contributed by atoms with Crippen molar-refractivity contribution in [1.29, 1.82) is 0 Å². The smallest absolute Gasteiger partial charge is 0.226 e. The van der Waals surface area contributed by atoms with Crippen molar-refractivity contribution in [2.24, 2.45) is 5.92 Å². The molecular weight excluding hydrogens is 432 g/mol. The molecule has 1 aromatic carbocycles. The number of halogens is 1. The number of aromatic nitrogens is 1. The second-order valence-electron chi connectivity index (χ2n) is 7.75. The number of nitrogens with one attached hydrogen (secondary N) is 2. The summed E-state index contributed by atoms with van der Waals surface area (Å²) in [4.78, 5) is 18.6. The number of hydrogen-bond acceptors (Lipinski definition) is 4. The first-order valence-electron chi connectivity index (χ1n) is 10.0. The van der Waals surface area contributed by atoms with Crippen molar-refractivity contribution in [3.05, 3.63) is 77.0 Å². The van der Waals surface area contributed by atoms with Crippen LogP contribution < -0.4 is 15.5 Å². The minimum Gasteiger partial charge on any atom is -0.464 e. The van der Waals surface area contributed by atoms with E-state index in [0.717, 1.165) is 22.9 Å². The van der Waals surface area contributed by atoms with Crippen LogP contribution in [0.4, 0.5) is 11.4 Å². The predicted molar refractivity (Wildman–Crippen MR) is 126 cm³/mol. The number of carbonyl (C=O) groups excluding carboxylic acids is 1. The van der Waals surface area contributed by atoms with E-state index in [2.05, 4.69) is 15.6 Å². The molecule has 2 aromatic heterocycles. The molecule has 1 aliphatic rings. The molecule has 1 amide bonds. The van der Waals surface area contributed by atoms with Crippen molar-refractivity contribution in [2.45, 2.75) is 32.9 Å². The van der Waals surface area contributed by atoms with Crippen molar-refractivity contribution >= 4 is 46.2 Å². The lowest BCUT2D eigenvalue weighted by Crippen LogP contribution is -2.29. The first-order chi connectivity index (χ1) is 14.8. The number of nitrogens with zero attached hydrogens (tertiary/aromatic N) is 2. The van der Waals surface area contributed by atoms with Crippen LogP contribution in [-0.2, 0) is 4.79 Å². The lowest BCUT2D eigenvalue weighted by molar-refractivity contribution is -0.118. The number of anilines is 2. The fourth-order valence-corrected chi connectivity index (χ4v) is 4.13. The lowest BCUT2D eigenvalue weighted by atomic mass is 10.0. The number of hydrogen-bond donors (Lipinski definition) is 2. The summed E-state index contributed by atoms with van der Waals surface area (Å²) in [5.41, 5.74) is 2.22. The van der Waals surface area contributed by atoms with Gasteiger partial charge in [-0.15, -0.1) is 0 Å². The van der Waals surface area contributed by atoms with Crippen LogP contribution in [0.15, 0.2) is 59.1 Å². The maximum Gasteiger partial charge on any atom is 0.226 e. The second-order valence-corrected chi connectivity index (χ2v) is 8.55. The Morgan fingerprint density at radius 2 is 2.06 bits per heavy atom. The summed E-state index contributed by atoms with van der Waals surface area (Å²) in [7, 11) is 0. The quantitative estimate of drug-likeness (QED) is 0.502. The van der Waals surface area contributed by atoms with Crippen molar-refractivity contribution in [3.8, 4) is 0 Å². The third-order valence-corrected chi connectivity index (χ3v) is 5.79. The molecule has 1 fully saturated rings. The number of thiocarbonyl (C=S) groups is 1. The van der Waals surface area contributed by atoms with Gasteiger partial charge in [0.25, 0.3) is 0 Å². The lowest BCUT2D eigenvalue weighted by Gasteiger charge is -2.26. The van der Waals surface area contributed by atoms with Gasteiger partial charge in [-0.25, -0.2) is 0 Å². The summed E-state index contributed by atoms with van der Waals surface area (Å²) >= 11 is 12.2. The zero-order chi connectivity index (χ0) is 22.1. The summed E-state index contributed by atoms with van der Waals surface area (Å²) in [5.74, 6) is 1.36. The minimum absolute atomic E-state index is 0.0906. The number of aryl methyl sites for hydroxylation is 1. The van der Waals surface area contributed by atoms with Gasteiger partial charge in [0.2, 0.25) is 5.91 Å². The van der Waals surface area contributed by atoms with Gasteiger partial charge in [0.15, 0.2) is 5.11 Å². The Balaban J connectivity index is 1.73. The highest BCUT2D eigenvalue weighted by Crippen LogP contribution is 2.43. The molecule has 2 atom stereocenters. The Morgan fingerprint density at radius 1 is 1.26 bits per heavy atom. The second kappa shape index (κ2) is 8.69. The van der Waals surface area contributed by atoms with Crippen molar-refractivity contribution < 1.29 is 9.21 Å². The fraction of sp³-hybridized carbons (Fsp3) is 0.261. The third-order valence-electron chi connectivity index (χ3n) is 5.16. The van der Waals surface area contributed by atoms with Gasteiger partial charge in [0.1, 0.15) is 17.6 Å². The number of benzene rings is 1. The van der Waals surface area contributed by atoms with Gasteiger partial charge in [0, 0.05) is 17.8 Å². The Kier molecular flexibility index (Phi) is 5.98. The van der Waals surface area contributed by atoms with Crippen LogP contribution in [0.5, 0.6) is 0 Å². The molecule has 1 saturated heterocycles. The molecule has 8 heteroatoms. The van der Waals surface area contributed by atoms with Gasteiger partial charge < -0.3 is 20.0 Å². The van der Waals surface area contributed by atoms with Crippen molar-refractivity contribution in [3.63, 3.8) is 0 Å². The number of amides is 1. The van der Waals surface area contributed by atoms with E-state index in [9.17, 15) is 4.79 Å². The van der Waals surface area contributed by atoms with E-state index >= 15 is 0 Å². The van der Waals surface area contributed by atoms with Crippen LogP contribution in [-0.4, -0.2) is 16.0 Å². The highest BCUT2D eigenvalue weighted by atomic mass is 35.5. The van der Waals surface area contributed by atoms with Gasteiger partial charge in [-0.05, 0) is 61.6 Å². The monoisotopic (exact) mass is 454 g/mol. The van der Waals surface area contributed by atoms with Gasteiger partial charge in [-0.3, -0.25) is 9.78 Å². The SMILES string of the molecule is Cc1ccc(C2C(c3ccccn3)NC(=S)N2c2ccc(NC(=O)C(C)C)c(Cl)c2)o1. The molecular formula is C23H23ClN4O2S. The van der Waals surface area contributed by atoms with Gasteiger partial charge in [0.05, 0.1) is 22.4 Å². The molecule has 2 N–H and O–H groups in total. The summed E-state index contributed by atoms with van der Waals surface area (Å²) in [6, 6.07) is 14.7. The van der Waals surface area contributed by atoms with Gasteiger partial charge >= 0.3 is 0 Å². The average molecular weight is 455 g/mol. The van der Waals surface area contributed by atoms with Crippen LogP contribution >= 0.6 is 23.8 Å². The standard InChI is InChI=1S/C23H23ClN4O2S/c1-13(2)22(29)26-17-9-8-15(12-16(17)24)28-21(19-10-7-14(3)30-19)20(27-23(28)31)18-6-4-5-11-25-18/h4-13,20-21H,1-3H3,(H,26,29)(H,27,31). The molecule has 2 unspecified atom stereocenters. The maximum atomic E-state index is 12.1. The van der Waals surface area contributed by atoms with E-state index in [1.807, 2.05) is 62.1 Å². The van der Waals surface area contributed by atoms with Gasteiger partial charge in [-0.2, -0.15) is 0 Å². The van der Waals surface area contributed by atoms with Crippen LogP contribution in [0.1, 0.15) is 43.1 Å². The molecule has 1 aliphatic heterocycles. The average Bonchev–Trinajstić information content (AvgIpc) is 3.32. The van der Waals surface area contributed by atoms with E-state index in [1.54, 1.807) is 18.3 Å². The van der Waals surface area contributed by atoms with Crippen molar-refractivity contribution in [2.75, 3.05) is 10.2 Å². The molecule has 6 nitrogen and oxygen atoms in total. The highest BCUT2D eigenvalue weighted by molar-refractivity contribution is 7.80. The van der Waals surface area contributed by atoms with Crippen LogP contribution in [0.3, 0.4) is 0 Å². The largest absolute Gasteiger partial charge is 0.464 e. The summed E-state index contributed by atoms with van der Waals surface area (Å²) in [5, 5.41) is 7.21. The molecule has 3 aromatic rings. The van der Waals surface area contributed by atoms with E-state index < -0.39 is 0 Å². The van der Waals surface area contributed by atoms with E-state index in [1.165, 1.54) is 0 Å². The molecule has 4 rings (SSSR count). The van der Waals surface area contributed by atoms with E-state index in [4.69, 9.17) is 28.2 Å². The first kappa shape index (κ1) is 21.3.